The quantitative estimate of drug-likeness (QED) is 0.563. The first kappa shape index (κ1) is 10.4. The summed E-state index contributed by atoms with van der Waals surface area (Å²) in [4.78, 5) is 0. The Balaban J connectivity index is 1.88. The molecule has 2 aliphatic rings. The molecule has 2 unspecified atom stereocenters. The molecule has 0 aliphatic heterocycles. The van der Waals surface area contributed by atoms with E-state index in [2.05, 4.69) is 0 Å². The smallest absolute Gasteiger partial charge is 0.131 e. The van der Waals surface area contributed by atoms with E-state index < -0.39 is 12.3 Å². The summed E-state index contributed by atoms with van der Waals surface area (Å²) in [6.45, 7) is 0. The van der Waals surface area contributed by atoms with Crippen LogP contribution in [0.3, 0.4) is 0 Å². The first-order chi connectivity index (χ1) is 6.77. The first-order valence-electron chi connectivity index (χ1n) is 6.05. The second-order valence-corrected chi connectivity index (χ2v) is 5.02. The van der Waals surface area contributed by atoms with Crippen LogP contribution in [0, 0.1) is 11.8 Å². The van der Waals surface area contributed by atoms with Crippen LogP contribution in [0.2, 0.25) is 0 Å². The molecule has 0 nitrogen and oxygen atoms in total. The SMILES string of the molecule is FC1CC(C2CCCCCC2)CC1F. The summed E-state index contributed by atoms with van der Waals surface area (Å²) in [7, 11) is 0. The van der Waals surface area contributed by atoms with E-state index in [0.717, 1.165) is 0 Å². The molecule has 2 fully saturated rings. The predicted molar refractivity (Wildman–Crippen MR) is 53.7 cm³/mol. The van der Waals surface area contributed by atoms with Crippen molar-refractivity contribution < 1.29 is 8.78 Å². The molecule has 2 atom stereocenters. The topological polar surface area (TPSA) is 0 Å². The van der Waals surface area contributed by atoms with E-state index in [1.54, 1.807) is 0 Å². The fourth-order valence-corrected chi connectivity index (χ4v) is 3.14. The van der Waals surface area contributed by atoms with Gasteiger partial charge in [0, 0.05) is 0 Å². The Morgan fingerprint density at radius 3 is 1.64 bits per heavy atom. The van der Waals surface area contributed by atoms with Gasteiger partial charge in [-0.3, -0.25) is 0 Å². The Morgan fingerprint density at radius 2 is 1.14 bits per heavy atom. The third-order valence-electron chi connectivity index (χ3n) is 4.01. The standard InChI is InChI=1S/C12H20F2/c13-11-7-10(8-12(11)14)9-5-3-1-2-4-6-9/h9-12H,1-8H2. The van der Waals surface area contributed by atoms with E-state index in [0.29, 0.717) is 24.7 Å². The van der Waals surface area contributed by atoms with Crippen molar-refractivity contribution in [2.24, 2.45) is 11.8 Å². The fourth-order valence-electron chi connectivity index (χ4n) is 3.14. The van der Waals surface area contributed by atoms with E-state index in [-0.39, 0.29) is 0 Å². The lowest BCUT2D eigenvalue weighted by atomic mass is 9.85. The van der Waals surface area contributed by atoms with E-state index in [4.69, 9.17) is 0 Å². The third-order valence-corrected chi connectivity index (χ3v) is 4.01. The highest BCUT2D eigenvalue weighted by Gasteiger charge is 2.38. The van der Waals surface area contributed by atoms with Crippen LogP contribution < -0.4 is 0 Å². The highest BCUT2D eigenvalue weighted by molar-refractivity contribution is 4.87. The zero-order valence-corrected chi connectivity index (χ0v) is 8.72. The molecule has 0 radical (unpaired) electrons. The maximum Gasteiger partial charge on any atom is 0.131 e. The molecular formula is C12H20F2. The predicted octanol–water partition coefficient (Wildman–Crippen LogP) is 4.04. The van der Waals surface area contributed by atoms with Gasteiger partial charge in [-0.25, -0.2) is 8.78 Å². The van der Waals surface area contributed by atoms with Crippen molar-refractivity contribution >= 4 is 0 Å². The Labute approximate surface area is 85.1 Å². The molecule has 82 valence electrons. The normalized spacial score (nSPS) is 41.1. The summed E-state index contributed by atoms with van der Waals surface area (Å²) in [5, 5.41) is 0. The van der Waals surface area contributed by atoms with Gasteiger partial charge in [0.2, 0.25) is 0 Å². The summed E-state index contributed by atoms with van der Waals surface area (Å²) < 4.78 is 26.1. The summed E-state index contributed by atoms with van der Waals surface area (Å²) in [5.41, 5.74) is 0. The van der Waals surface area contributed by atoms with Gasteiger partial charge < -0.3 is 0 Å². The van der Waals surface area contributed by atoms with Crippen LogP contribution in [-0.4, -0.2) is 12.3 Å². The molecule has 0 aromatic heterocycles. The van der Waals surface area contributed by atoms with Crippen molar-refractivity contribution in [2.45, 2.75) is 63.7 Å². The van der Waals surface area contributed by atoms with Gasteiger partial charge >= 0.3 is 0 Å². The van der Waals surface area contributed by atoms with Crippen molar-refractivity contribution in [2.75, 3.05) is 0 Å². The highest BCUT2D eigenvalue weighted by Crippen LogP contribution is 2.40. The highest BCUT2D eigenvalue weighted by atomic mass is 19.2. The number of halogens is 2. The van der Waals surface area contributed by atoms with Gasteiger partial charge in [-0.1, -0.05) is 38.5 Å². The molecule has 0 bridgehead atoms. The molecule has 0 aromatic carbocycles. The van der Waals surface area contributed by atoms with Gasteiger partial charge in [0.05, 0.1) is 0 Å². The lowest BCUT2D eigenvalue weighted by molar-refractivity contribution is 0.199. The van der Waals surface area contributed by atoms with Crippen molar-refractivity contribution in [3.63, 3.8) is 0 Å². The molecule has 0 heterocycles. The Kier molecular flexibility index (Phi) is 3.40. The van der Waals surface area contributed by atoms with Gasteiger partial charge in [0.15, 0.2) is 0 Å². The van der Waals surface area contributed by atoms with Gasteiger partial charge in [-0.2, -0.15) is 0 Å². The average molecular weight is 202 g/mol. The van der Waals surface area contributed by atoms with Crippen molar-refractivity contribution in [1.82, 2.24) is 0 Å². The molecule has 2 rings (SSSR count). The molecule has 0 saturated heterocycles. The van der Waals surface area contributed by atoms with Gasteiger partial charge in [-0.05, 0) is 24.7 Å². The molecule has 14 heavy (non-hydrogen) atoms. The molecule has 2 aliphatic carbocycles. The van der Waals surface area contributed by atoms with Crippen LogP contribution in [0.25, 0.3) is 0 Å². The Morgan fingerprint density at radius 1 is 0.643 bits per heavy atom. The maximum atomic E-state index is 13.0. The minimum atomic E-state index is -1.16. The van der Waals surface area contributed by atoms with E-state index >= 15 is 0 Å². The van der Waals surface area contributed by atoms with Crippen LogP contribution in [0.15, 0.2) is 0 Å². The average Bonchev–Trinajstić information content (AvgIpc) is 2.46. The minimum Gasteiger partial charge on any atom is -0.244 e. The zero-order chi connectivity index (χ0) is 9.97. The molecule has 2 heteroatoms. The Bertz CT molecular complexity index is 163. The Hall–Kier alpha value is -0.140. The van der Waals surface area contributed by atoms with Crippen molar-refractivity contribution in [3.8, 4) is 0 Å². The fraction of sp³-hybridized carbons (Fsp3) is 1.00. The first-order valence-corrected chi connectivity index (χ1v) is 6.05. The number of hydrogen-bond acceptors (Lipinski definition) is 0. The number of alkyl halides is 2. The van der Waals surface area contributed by atoms with Crippen molar-refractivity contribution in [3.05, 3.63) is 0 Å². The monoisotopic (exact) mass is 202 g/mol. The number of hydrogen-bond donors (Lipinski definition) is 0. The van der Waals surface area contributed by atoms with E-state index in [9.17, 15) is 8.78 Å². The second kappa shape index (κ2) is 4.59. The summed E-state index contributed by atoms with van der Waals surface area (Å²) in [6.07, 6.45) is 6.27. The van der Waals surface area contributed by atoms with Gasteiger partial charge in [0.25, 0.3) is 0 Å². The van der Waals surface area contributed by atoms with Gasteiger partial charge in [-0.15, -0.1) is 0 Å². The second-order valence-electron chi connectivity index (χ2n) is 5.02. The molecular weight excluding hydrogens is 182 g/mol. The summed E-state index contributed by atoms with van der Waals surface area (Å²) in [6, 6.07) is 0. The van der Waals surface area contributed by atoms with Crippen LogP contribution in [0.4, 0.5) is 8.78 Å². The minimum absolute atomic E-state index is 0.345. The molecule has 0 spiro atoms. The maximum absolute atomic E-state index is 13.0. The summed E-state index contributed by atoms with van der Waals surface area (Å²) in [5.74, 6) is 0.967. The number of rotatable bonds is 1. The summed E-state index contributed by atoms with van der Waals surface area (Å²) >= 11 is 0. The van der Waals surface area contributed by atoms with Crippen LogP contribution in [0.5, 0.6) is 0 Å². The van der Waals surface area contributed by atoms with Crippen LogP contribution in [0.1, 0.15) is 51.4 Å². The van der Waals surface area contributed by atoms with Crippen LogP contribution >= 0.6 is 0 Å². The molecule has 0 N–H and O–H groups in total. The van der Waals surface area contributed by atoms with Gasteiger partial charge in [0.1, 0.15) is 12.3 Å². The van der Waals surface area contributed by atoms with Crippen molar-refractivity contribution in [1.29, 1.82) is 0 Å². The molecule has 0 amide bonds. The van der Waals surface area contributed by atoms with E-state index in [1.807, 2.05) is 0 Å². The van der Waals surface area contributed by atoms with E-state index in [1.165, 1.54) is 38.5 Å². The molecule has 0 aromatic rings. The zero-order valence-electron chi connectivity index (χ0n) is 8.72. The lowest BCUT2D eigenvalue weighted by Crippen LogP contribution is -2.11. The lowest BCUT2D eigenvalue weighted by Gasteiger charge is -2.20. The largest absolute Gasteiger partial charge is 0.244 e. The molecule has 2 saturated carbocycles. The van der Waals surface area contributed by atoms with Crippen LogP contribution in [-0.2, 0) is 0 Å². The third kappa shape index (κ3) is 2.26.